The number of hydrogen-bond acceptors (Lipinski definition) is 3. The molecule has 0 amide bonds. The van der Waals surface area contributed by atoms with Gasteiger partial charge in [0.25, 0.3) is 0 Å². The summed E-state index contributed by atoms with van der Waals surface area (Å²) in [5.41, 5.74) is 6.94. The van der Waals surface area contributed by atoms with E-state index in [9.17, 15) is 0 Å². The van der Waals surface area contributed by atoms with Gasteiger partial charge in [0.05, 0.1) is 5.92 Å². The Morgan fingerprint density at radius 3 is 2.48 bits per heavy atom. The maximum Gasteiger partial charge on any atom is 0.147 e. The van der Waals surface area contributed by atoms with Gasteiger partial charge in [-0.2, -0.15) is 0 Å². The molecule has 0 fully saturated rings. The molecule has 1 rings (SSSR count). The molecule has 1 aromatic rings. The van der Waals surface area contributed by atoms with E-state index < -0.39 is 0 Å². The van der Waals surface area contributed by atoms with Crippen molar-refractivity contribution >= 4 is 5.84 Å². The summed E-state index contributed by atoms with van der Waals surface area (Å²) in [4.78, 5) is 0. The SMILES string of the molecule is CCCCC(CCC)NCC(/C(N)=N/O)c1ccccc1. The Morgan fingerprint density at radius 1 is 1.19 bits per heavy atom. The molecule has 118 valence electrons. The second-order valence-corrected chi connectivity index (χ2v) is 5.52. The fourth-order valence-corrected chi connectivity index (χ4v) is 2.58. The molecule has 2 unspecified atom stereocenters. The molecule has 1 aromatic carbocycles. The van der Waals surface area contributed by atoms with Crippen LogP contribution < -0.4 is 11.1 Å². The molecule has 0 radical (unpaired) electrons. The van der Waals surface area contributed by atoms with Crippen molar-refractivity contribution < 1.29 is 5.21 Å². The lowest BCUT2D eigenvalue weighted by Gasteiger charge is -2.22. The third kappa shape index (κ3) is 6.17. The van der Waals surface area contributed by atoms with Crippen molar-refractivity contribution in [2.24, 2.45) is 10.9 Å². The molecular formula is C17H29N3O. The first-order chi connectivity index (χ1) is 10.2. The second kappa shape index (κ2) is 10.2. The number of hydrogen-bond donors (Lipinski definition) is 3. The third-order valence-corrected chi connectivity index (χ3v) is 3.83. The highest BCUT2D eigenvalue weighted by Gasteiger charge is 2.18. The number of nitrogens with two attached hydrogens (primary N) is 1. The minimum Gasteiger partial charge on any atom is -0.409 e. The summed E-state index contributed by atoms with van der Waals surface area (Å²) < 4.78 is 0. The topological polar surface area (TPSA) is 70.6 Å². The Morgan fingerprint density at radius 2 is 1.90 bits per heavy atom. The minimum atomic E-state index is -0.0859. The number of oxime groups is 1. The van der Waals surface area contributed by atoms with Gasteiger partial charge in [-0.05, 0) is 18.4 Å². The molecule has 0 aliphatic heterocycles. The zero-order chi connectivity index (χ0) is 15.5. The number of amidine groups is 1. The maximum atomic E-state index is 9.01. The second-order valence-electron chi connectivity index (χ2n) is 5.52. The molecule has 4 heteroatoms. The van der Waals surface area contributed by atoms with Gasteiger partial charge in [0.15, 0.2) is 0 Å². The zero-order valence-electron chi connectivity index (χ0n) is 13.3. The van der Waals surface area contributed by atoms with Gasteiger partial charge in [0, 0.05) is 12.6 Å². The van der Waals surface area contributed by atoms with Crippen LogP contribution in [-0.4, -0.2) is 23.6 Å². The smallest absolute Gasteiger partial charge is 0.147 e. The molecule has 0 aliphatic carbocycles. The van der Waals surface area contributed by atoms with Crippen LogP contribution in [0.15, 0.2) is 35.5 Å². The van der Waals surface area contributed by atoms with Gasteiger partial charge < -0.3 is 16.3 Å². The number of rotatable bonds is 10. The molecule has 0 heterocycles. The molecule has 21 heavy (non-hydrogen) atoms. The van der Waals surface area contributed by atoms with Crippen molar-refractivity contribution in [3.63, 3.8) is 0 Å². The lowest BCUT2D eigenvalue weighted by Crippen LogP contribution is -2.37. The first-order valence-corrected chi connectivity index (χ1v) is 7.98. The highest BCUT2D eigenvalue weighted by molar-refractivity contribution is 5.87. The molecule has 0 spiro atoms. The third-order valence-electron chi connectivity index (χ3n) is 3.83. The summed E-state index contributed by atoms with van der Waals surface area (Å²) in [5.74, 6) is 0.177. The van der Waals surface area contributed by atoms with Crippen LogP contribution in [0.2, 0.25) is 0 Å². The molecule has 0 saturated heterocycles. The number of unbranched alkanes of at least 4 members (excludes halogenated alkanes) is 1. The maximum absolute atomic E-state index is 9.01. The fourth-order valence-electron chi connectivity index (χ4n) is 2.58. The van der Waals surface area contributed by atoms with E-state index in [1.165, 1.54) is 25.7 Å². The summed E-state index contributed by atoms with van der Waals surface area (Å²) in [5, 5.41) is 15.8. The first-order valence-electron chi connectivity index (χ1n) is 7.98. The number of nitrogens with zero attached hydrogens (tertiary/aromatic N) is 1. The van der Waals surface area contributed by atoms with E-state index in [1.807, 2.05) is 30.3 Å². The molecule has 2 atom stereocenters. The molecule has 0 aromatic heterocycles. The predicted molar refractivity (Wildman–Crippen MR) is 88.8 cm³/mol. The molecule has 0 bridgehead atoms. The predicted octanol–water partition coefficient (Wildman–Crippen LogP) is 3.47. The summed E-state index contributed by atoms with van der Waals surface area (Å²) in [7, 11) is 0. The lowest BCUT2D eigenvalue weighted by atomic mass is 9.96. The van der Waals surface area contributed by atoms with E-state index in [-0.39, 0.29) is 11.8 Å². The van der Waals surface area contributed by atoms with Gasteiger partial charge in [-0.25, -0.2) is 0 Å². The Bertz CT molecular complexity index is 406. The van der Waals surface area contributed by atoms with Crippen molar-refractivity contribution in [3.05, 3.63) is 35.9 Å². The average Bonchev–Trinajstić information content (AvgIpc) is 2.53. The van der Waals surface area contributed by atoms with Gasteiger partial charge in [0.1, 0.15) is 5.84 Å². The summed E-state index contributed by atoms with van der Waals surface area (Å²) in [6.45, 7) is 5.12. The fraction of sp³-hybridized carbons (Fsp3) is 0.588. The highest BCUT2D eigenvalue weighted by Crippen LogP contribution is 2.16. The van der Waals surface area contributed by atoms with Crippen molar-refractivity contribution in [1.29, 1.82) is 0 Å². The molecule has 0 aliphatic rings. The first kappa shape index (κ1) is 17.5. The van der Waals surface area contributed by atoms with Crippen LogP contribution in [-0.2, 0) is 0 Å². The van der Waals surface area contributed by atoms with Crippen LogP contribution in [0, 0.1) is 0 Å². The Kier molecular flexibility index (Phi) is 8.51. The Labute approximate surface area is 128 Å². The van der Waals surface area contributed by atoms with E-state index in [0.717, 1.165) is 12.0 Å². The highest BCUT2D eigenvalue weighted by atomic mass is 16.4. The quantitative estimate of drug-likeness (QED) is 0.267. The van der Waals surface area contributed by atoms with Crippen LogP contribution >= 0.6 is 0 Å². The summed E-state index contributed by atoms with van der Waals surface area (Å²) in [6, 6.07) is 10.5. The van der Waals surface area contributed by atoms with Crippen molar-refractivity contribution in [1.82, 2.24) is 5.32 Å². The molecule has 0 saturated carbocycles. The molecule has 4 nitrogen and oxygen atoms in total. The van der Waals surface area contributed by atoms with Crippen molar-refractivity contribution in [2.45, 2.75) is 57.9 Å². The van der Waals surface area contributed by atoms with Gasteiger partial charge >= 0.3 is 0 Å². The number of nitrogens with one attached hydrogen (secondary N) is 1. The van der Waals surface area contributed by atoms with E-state index in [1.54, 1.807) is 0 Å². The normalized spacial score (nSPS) is 14.9. The number of benzene rings is 1. The summed E-state index contributed by atoms with van der Waals surface area (Å²) in [6.07, 6.45) is 5.96. The minimum absolute atomic E-state index is 0.0859. The Hall–Kier alpha value is -1.55. The van der Waals surface area contributed by atoms with Crippen LogP contribution in [0.5, 0.6) is 0 Å². The standard InChI is InChI=1S/C17H29N3O/c1-3-5-12-15(9-4-2)19-13-16(17(18)20-21)14-10-7-6-8-11-14/h6-8,10-11,15-16,19,21H,3-5,9,12-13H2,1-2H3,(H2,18,20). The largest absolute Gasteiger partial charge is 0.409 e. The van der Waals surface area contributed by atoms with Crippen molar-refractivity contribution in [2.75, 3.05) is 6.54 Å². The van der Waals surface area contributed by atoms with Gasteiger partial charge in [-0.1, -0.05) is 68.6 Å². The van der Waals surface area contributed by atoms with Gasteiger partial charge in [0.2, 0.25) is 0 Å². The lowest BCUT2D eigenvalue weighted by molar-refractivity contribution is 0.315. The molecule has 4 N–H and O–H groups in total. The average molecular weight is 291 g/mol. The van der Waals surface area contributed by atoms with Gasteiger partial charge in [-0.3, -0.25) is 0 Å². The van der Waals surface area contributed by atoms with Crippen LogP contribution in [0.3, 0.4) is 0 Å². The zero-order valence-corrected chi connectivity index (χ0v) is 13.3. The van der Waals surface area contributed by atoms with E-state index in [0.29, 0.717) is 12.6 Å². The Balaban J connectivity index is 2.68. The van der Waals surface area contributed by atoms with Crippen molar-refractivity contribution in [3.8, 4) is 0 Å². The van der Waals surface area contributed by atoms with E-state index >= 15 is 0 Å². The van der Waals surface area contributed by atoms with Crippen LogP contribution in [0.4, 0.5) is 0 Å². The van der Waals surface area contributed by atoms with Crippen LogP contribution in [0.1, 0.15) is 57.4 Å². The van der Waals surface area contributed by atoms with Gasteiger partial charge in [-0.15, -0.1) is 0 Å². The van der Waals surface area contributed by atoms with E-state index in [4.69, 9.17) is 10.9 Å². The summed E-state index contributed by atoms with van der Waals surface area (Å²) >= 11 is 0. The monoisotopic (exact) mass is 291 g/mol. The molecular weight excluding hydrogens is 262 g/mol. The van der Waals surface area contributed by atoms with Crippen LogP contribution in [0.25, 0.3) is 0 Å². The van der Waals surface area contributed by atoms with E-state index in [2.05, 4.69) is 24.3 Å².